The van der Waals surface area contributed by atoms with Crippen LogP contribution in [0, 0.1) is 0 Å². The molecule has 3 rings (SSSR count). The van der Waals surface area contributed by atoms with Gasteiger partial charge in [0, 0.05) is 5.39 Å². The van der Waals surface area contributed by atoms with Gasteiger partial charge in [-0.3, -0.25) is 5.10 Å². The van der Waals surface area contributed by atoms with Crippen LogP contribution in [0.1, 0.15) is 0 Å². The number of H-pyrrole nitrogens is 1. The minimum atomic E-state index is 0.880. The fraction of sp³-hybridized carbons (Fsp3) is 0. The zero-order valence-electron chi connectivity index (χ0n) is 6.23. The van der Waals surface area contributed by atoms with Crippen molar-refractivity contribution in [1.29, 1.82) is 0 Å². The van der Waals surface area contributed by atoms with E-state index in [4.69, 9.17) is 0 Å². The van der Waals surface area contributed by atoms with Gasteiger partial charge >= 0.3 is 0 Å². The normalized spacial score (nSPS) is 11.3. The molecular formula is C8H6N4. The van der Waals surface area contributed by atoms with Crippen LogP contribution in [0.5, 0.6) is 0 Å². The predicted molar refractivity (Wildman–Crippen MR) is 44.8 cm³/mol. The lowest BCUT2D eigenvalue weighted by atomic mass is 10.2. The van der Waals surface area contributed by atoms with Crippen LogP contribution < -0.4 is 0 Å². The maximum atomic E-state index is 4.13. The molecular weight excluding hydrogens is 152 g/mol. The Morgan fingerprint density at radius 2 is 2.17 bits per heavy atom. The molecule has 2 aromatic heterocycles. The molecule has 0 aliphatic rings. The third-order valence-electron chi connectivity index (χ3n) is 1.94. The van der Waals surface area contributed by atoms with Gasteiger partial charge in [0.25, 0.3) is 0 Å². The Hall–Kier alpha value is -1.84. The van der Waals surface area contributed by atoms with Gasteiger partial charge in [0.1, 0.15) is 6.33 Å². The molecule has 0 aliphatic carbocycles. The van der Waals surface area contributed by atoms with E-state index in [1.165, 1.54) is 6.33 Å². The second-order valence-corrected chi connectivity index (χ2v) is 2.65. The molecule has 0 spiro atoms. The molecule has 1 N–H and O–H groups in total. The Kier molecular flexibility index (Phi) is 0.889. The standard InChI is InChI=1S/C8H6N4/c1-2-4-7-6(3-1)8-9-5-10-12(8)11-7/h1-5,11H. The Labute approximate surface area is 67.8 Å². The van der Waals surface area contributed by atoms with Crippen molar-refractivity contribution in [3.8, 4) is 0 Å². The number of para-hydroxylation sites is 1. The van der Waals surface area contributed by atoms with E-state index in [1.807, 2.05) is 24.3 Å². The maximum absolute atomic E-state index is 4.13. The van der Waals surface area contributed by atoms with E-state index in [9.17, 15) is 0 Å². The van der Waals surface area contributed by atoms with Crippen LogP contribution in [0.3, 0.4) is 0 Å². The van der Waals surface area contributed by atoms with Crippen molar-refractivity contribution >= 4 is 16.6 Å². The van der Waals surface area contributed by atoms with Gasteiger partial charge in [-0.15, -0.1) is 5.10 Å². The molecule has 58 valence electrons. The average molecular weight is 158 g/mol. The van der Waals surface area contributed by atoms with Crippen LogP contribution in [-0.2, 0) is 0 Å². The first-order chi connectivity index (χ1) is 5.95. The van der Waals surface area contributed by atoms with Gasteiger partial charge in [0.2, 0.25) is 0 Å². The fourth-order valence-electron chi connectivity index (χ4n) is 1.40. The number of hydrogen-bond acceptors (Lipinski definition) is 2. The summed E-state index contributed by atoms with van der Waals surface area (Å²) in [4.78, 5) is 4.13. The summed E-state index contributed by atoms with van der Waals surface area (Å²) < 4.78 is 1.67. The summed E-state index contributed by atoms with van der Waals surface area (Å²) in [6.45, 7) is 0. The molecule has 0 bridgehead atoms. The van der Waals surface area contributed by atoms with E-state index < -0.39 is 0 Å². The minimum Gasteiger partial charge on any atom is -0.276 e. The number of nitrogens with zero attached hydrogens (tertiary/aromatic N) is 3. The average Bonchev–Trinajstić information content (AvgIpc) is 2.62. The summed E-state index contributed by atoms with van der Waals surface area (Å²) in [6, 6.07) is 8.00. The summed E-state index contributed by atoms with van der Waals surface area (Å²) in [6.07, 6.45) is 1.54. The van der Waals surface area contributed by atoms with Gasteiger partial charge in [-0.05, 0) is 12.1 Å². The van der Waals surface area contributed by atoms with E-state index in [-0.39, 0.29) is 0 Å². The molecule has 0 saturated carbocycles. The van der Waals surface area contributed by atoms with Crippen molar-refractivity contribution in [1.82, 2.24) is 19.8 Å². The summed E-state index contributed by atoms with van der Waals surface area (Å²) in [5.74, 6) is 0. The molecule has 0 saturated heterocycles. The number of hydrogen-bond donors (Lipinski definition) is 1. The van der Waals surface area contributed by atoms with Crippen molar-refractivity contribution in [2.75, 3.05) is 0 Å². The van der Waals surface area contributed by atoms with Crippen molar-refractivity contribution in [3.63, 3.8) is 0 Å². The van der Waals surface area contributed by atoms with Gasteiger partial charge in [0.05, 0.1) is 5.52 Å². The third-order valence-corrected chi connectivity index (χ3v) is 1.94. The Bertz CT molecular complexity index is 533. The zero-order chi connectivity index (χ0) is 7.97. The van der Waals surface area contributed by atoms with Crippen molar-refractivity contribution < 1.29 is 0 Å². The molecule has 0 fully saturated rings. The van der Waals surface area contributed by atoms with E-state index >= 15 is 0 Å². The molecule has 1 aromatic carbocycles. The molecule has 3 aromatic rings. The Morgan fingerprint density at radius 1 is 1.25 bits per heavy atom. The first-order valence-corrected chi connectivity index (χ1v) is 3.71. The first-order valence-electron chi connectivity index (χ1n) is 3.71. The van der Waals surface area contributed by atoms with E-state index in [2.05, 4.69) is 15.2 Å². The van der Waals surface area contributed by atoms with Gasteiger partial charge in [-0.2, -0.15) is 4.63 Å². The van der Waals surface area contributed by atoms with E-state index in [0.717, 1.165) is 16.6 Å². The second kappa shape index (κ2) is 1.85. The summed E-state index contributed by atoms with van der Waals surface area (Å²) in [5, 5.41) is 8.21. The van der Waals surface area contributed by atoms with Crippen LogP contribution in [0.4, 0.5) is 0 Å². The maximum Gasteiger partial charge on any atom is 0.183 e. The zero-order valence-corrected chi connectivity index (χ0v) is 6.23. The molecule has 0 atom stereocenters. The monoisotopic (exact) mass is 158 g/mol. The van der Waals surface area contributed by atoms with Crippen LogP contribution in [0.25, 0.3) is 16.6 Å². The third kappa shape index (κ3) is 0.567. The van der Waals surface area contributed by atoms with Crippen molar-refractivity contribution in [2.45, 2.75) is 0 Å². The van der Waals surface area contributed by atoms with Crippen molar-refractivity contribution in [3.05, 3.63) is 30.6 Å². The largest absolute Gasteiger partial charge is 0.276 e. The lowest BCUT2D eigenvalue weighted by molar-refractivity contribution is 0.834. The number of fused-ring (bicyclic) bond motifs is 3. The number of aromatic nitrogens is 4. The van der Waals surface area contributed by atoms with Gasteiger partial charge in [-0.1, -0.05) is 12.1 Å². The smallest absolute Gasteiger partial charge is 0.183 e. The highest BCUT2D eigenvalue weighted by molar-refractivity contribution is 5.91. The Morgan fingerprint density at radius 3 is 3.17 bits per heavy atom. The number of benzene rings is 1. The second-order valence-electron chi connectivity index (χ2n) is 2.65. The quantitative estimate of drug-likeness (QED) is 0.534. The number of aromatic amines is 1. The Balaban J connectivity index is 2.68. The van der Waals surface area contributed by atoms with Gasteiger partial charge in [-0.25, -0.2) is 4.98 Å². The van der Waals surface area contributed by atoms with E-state index in [1.54, 1.807) is 4.63 Å². The number of nitrogens with one attached hydrogen (secondary N) is 1. The van der Waals surface area contributed by atoms with Crippen molar-refractivity contribution in [2.24, 2.45) is 0 Å². The first kappa shape index (κ1) is 5.77. The van der Waals surface area contributed by atoms with Crippen LogP contribution in [0.15, 0.2) is 30.6 Å². The molecule has 4 nitrogen and oxygen atoms in total. The molecule has 0 aliphatic heterocycles. The molecule has 0 amide bonds. The van der Waals surface area contributed by atoms with Crippen LogP contribution >= 0.6 is 0 Å². The fourth-order valence-corrected chi connectivity index (χ4v) is 1.40. The number of rotatable bonds is 0. The SMILES string of the molecule is c1ccc2c(c1)[nH]n1ncnc21. The highest BCUT2D eigenvalue weighted by Gasteiger charge is 2.02. The molecule has 12 heavy (non-hydrogen) atoms. The summed E-state index contributed by atoms with van der Waals surface area (Å²) >= 11 is 0. The topological polar surface area (TPSA) is 46.0 Å². The molecule has 0 radical (unpaired) electrons. The highest BCUT2D eigenvalue weighted by Crippen LogP contribution is 2.15. The van der Waals surface area contributed by atoms with Crippen LogP contribution in [-0.4, -0.2) is 19.8 Å². The van der Waals surface area contributed by atoms with Crippen LogP contribution in [0.2, 0.25) is 0 Å². The van der Waals surface area contributed by atoms with Gasteiger partial charge in [0.15, 0.2) is 5.65 Å². The predicted octanol–water partition coefficient (Wildman–Crippen LogP) is 1.21. The summed E-state index contributed by atoms with van der Waals surface area (Å²) in [5.41, 5.74) is 1.94. The highest BCUT2D eigenvalue weighted by atomic mass is 15.4. The summed E-state index contributed by atoms with van der Waals surface area (Å²) in [7, 11) is 0. The van der Waals surface area contributed by atoms with E-state index in [0.29, 0.717) is 0 Å². The molecule has 2 heterocycles. The lowest BCUT2D eigenvalue weighted by Crippen LogP contribution is -1.82. The molecule has 4 heteroatoms. The lowest BCUT2D eigenvalue weighted by Gasteiger charge is -1.82. The minimum absolute atomic E-state index is 0.880. The van der Waals surface area contributed by atoms with Gasteiger partial charge < -0.3 is 0 Å². The molecule has 0 unspecified atom stereocenters.